The van der Waals surface area contributed by atoms with Crippen molar-refractivity contribution in [1.29, 1.82) is 0 Å². The summed E-state index contributed by atoms with van der Waals surface area (Å²) < 4.78 is 5.04. The van der Waals surface area contributed by atoms with E-state index >= 15 is 0 Å². The average Bonchev–Trinajstić information content (AvgIpc) is 2.62. The third-order valence-corrected chi connectivity index (χ3v) is 3.45. The lowest BCUT2D eigenvalue weighted by Crippen LogP contribution is -2.40. The van der Waals surface area contributed by atoms with Gasteiger partial charge in [-0.15, -0.1) is 12.4 Å². The maximum atomic E-state index is 11.8. The second kappa shape index (κ2) is 14.6. The summed E-state index contributed by atoms with van der Waals surface area (Å²) in [7, 11) is 0. The first kappa shape index (κ1) is 24.5. The fourth-order valence-electron chi connectivity index (χ4n) is 2.20. The van der Waals surface area contributed by atoms with E-state index in [1.807, 2.05) is 30.3 Å². The number of nitrogens with two attached hydrogens (primary N) is 1. The number of halogens is 1. The summed E-state index contributed by atoms with van der Waals surface area (Å²) in [6.07, 6.45) is -0.628. The van der Waals surface area contributed by atoms with Gasteiger partial charge in [-0.3, -0.25) is 4.79 Å². The van der Waals surface area contributed by atoms with Crippen LogP contribution in [0.2, 0.25) is 0 Å². The fourth-order valence-corrected chi connectivity index (χ4v) is 2.20. The first-order valence-corrected chi connectivity index (χ1v) is 8.42. The van der Waals surface area contributed by atoms with Crippen LogP contribution in [0, 0.1) is 0 Å². The van der Waals surface area contributed by atoms with Crippen LogP contribution < -0.4 is 21.7 Å². The van der Waals surface area contributed by atoms with Gasteiger partial charge in [0.2, 0.25) is 5.91 Å². The zero-order valence-corrected chi connectivity index (χ0v) is 15.8. The number of hydrogen-bond acceptors (Lipinski definition) is 5. The van der Waals surface area contributed by atoms with Gasteiger partial charge in [-0.2, -0.15) is 0 Å². The number of ether oxygens (including phenoxy) is 1. The van der Waals surface area contributed by atoms with Crippen LogP contribution in [0.1, 0.15) is 24.8 Å². The normalized spacial score (nSPS) is 10.9. The van der Waals surface area contributed by atoms with Gasteiger partial charge in [0.25, 0.3) is 0 Å². The van der Waals surface area contributed by atoms with Crippen LogP contribution in [-0.4, -0.2) is 48.9 Å². The minimum Gasteiger partial charge on any atom is -0.465 e. The molecule has 0 fully saturated rings. The summed E-state index contributed by atoms with van der Waals surface area (Å²) >= 11 is 0. The molecule has 1 atom stereocenters. The Kier molecular flexibility index (Phi) is 13.3. The molecule has 0 unspecified atom stereocenters. The molecule has 9 nitrogen and oxygen atoms in total. The Hall–Kier alpha value is -2.52. The van der Waals surface area contributed by atoms with E-state index in [1.165, 1.54) is 0 Å². The third-order valence-electron chi connectivity index (χ3n) is 3.45. The zero-order chi connectivity index (χ0) is 19.2. The quantitative estimate of drug-likeness (QED) is 0.352. The Balaban J connectivity index is 0.00000676. The molecule has 1 aromatic rings. The van der Waals surface area contributed by atoms with E-state index in [9.17, 15) is 14.4 Å². The van der Waals surface area contributed by atoms with Crippen molar-refractivity contribution in [3.8, 4) is 0 Å². The minimum absolute atomic E-state index is 0. The van der Waals surface area contributed by atoms with Gasteiger partial charge >= 0.3 is 12.2 Å². The Morgan fingerprint density at radius 1 is 1.11 bits per heavy atom. The molecule has 1 aromatic carbocycles. The lowest BCUT2D eigenvalue weighted by molar-refractivity contribution is -0.121. The second-order valence-electron chi connectivity index (χ2n) is 5.62. The highest BCUT2D eigenvalue weighted by molar-refractivity contribution is 5.85. The van der Waals surface area contributed by atoms with Crippen LogP contribution in [0.15, 0.2) is 30.3 Å². The van der Waals surface area contributed by atoms with Gasteiger partial charge in [0, 0.05) is 25.6 Å². The number of alkyl carbamates (subject to hydrolysis) is 1. The maximum Gasteiger partial charge on any atom is 0.407 e. The van der Waals surface area contributed by atoms with Crippen molar-refractivity contribution in [3.63, 3.8) is 0 Å². The summed E-state index contributed by atoms with van der Waals surface area (Å²) in [4.78, 5) is 34.1. The second-order valence-corrected chi connectivity index (χ2v) is 5.62. The van der Waals surface area contributed by atoms with Crippen molar-refractivity contribution < 1.29 is 24.2 Å². The minimum atomic E-state index is -1.18. The lowest BCUT2D eigenvalue weighted by Gasteiger charge is -2.16. The molecule has 152 valence electrons. The smallest absolute Gasteiger partial charge is 0.407 e. The SMILES string of the molecule is Cl.NCCC[C@@H](CC(=O)NCCNC(=O)OCc1ccccc1)NC(=O)O. The number of nitrogens with one attached hydrogen (secondary N) is 3. The van der Waals surface area contributed by atoms with E-state index in [1.54, 1.807) is 0 Å². The summed E-state index contributed by atoms with van der Waals surface area (Å²) in [5, 5.41) is 16.2. The van der Waals surface area contributed by atoms with Crippen LogP contribution in [0.5, 0.6) is 0 Å². The molecule has 0 aliphatic rings. The zero-order valence-electron chi connectivity index (χ0n) is 15.0. The monoisotopic (exact) mass is 402 g/mol. The number of amides is 3. The van der Waals surface area contributed by atoms with Crippen LogP contribution in [0.25, 0.3) is 0 Å². The number of carbonyl (C=O) groups excluding carboxylic acids is 2. The van der Waals surface area contributed by atoms with Crippen LogP contribution in [0.3, 0.4) is 0 Å². The van der Waals surface area contributed by atoms with Gasteiger partial charge in [0.15, 0.2) is 0 Å². The Bertz CT molecular complexity index is 574. The van der Waals surface area contributed by atoms with E-state index < -0.39 is 18.2 Å². The van der Waals surface area contributed by atoms with E-state index in [-0.39, 0.29) is 44.4 Å². The molecule has 1 rings (SSSR count). The average molecular weight is 403 g/mol. The van der Waals surface area contributed by atoms with E-state index in [0.29, 0.717) is 19.4 Å². The molecule has 0 aromatic heterocycles. The van der Waals surface area contributed by atoms with Gasteiger partial charge in [0.1, 0.15) is 6.61 Å². The highest BCUT2D eigenvalue weighted by Gasteiger charge is 2.15. The topological polar surface area (TPSA) is 143 Å². The Morgan fingerprint density at radius 3 is 2.41 bits per heavy atom. The molecule has 6 N–H and O–H groups in total. The molecular formula is C17H27ClN4O5. The first-order chi connectivity index (χ1) is 12.5. The summed E-state index contributed by atoms with van der Waals surface area (Å²) in [5.74, 6) is -0.305. The molecular weight excluding hydrogens is 376 g/mol. The van der Waals surface area contributed by atoms with Crippen LogP contribution in [0.4, 0.5) is 9.59 Å². The van der Waals surface area contributed by atoms with Gasteiger partial charge in [-0.25, -0.2) is 9.59 Å². The number of benzene rings is 1. The van der Waals surface area contributed by atoms with Gasteiger partial charge in [0.05, 0.1) is 0 Å². The van der Waals surface area contributed by atoms with E-state index in [0.717, 1.165) is 5.56 Å². The van der Waals surface area contributed by atoms with Gasteiger partial charge < -0.3 is 31.5 Å². The van der Waals surface area contributed by atoms with Crippen LogP contribution >= 0.6 is 12.4 Å². The summed E-state index contributed by atoms with van der Waals surface area (Å²) in [6.45, 7) is 1.02. The highest BCUT2D eigenvalue weighted by Crippen LogP contribution is 2.02. The van der Waals surface area contributed by atoms with Crippen molar-refractivity contribution in [2.45, 2.75) is 31.9 Å². The largest absolute Gasteiger partial charge is 0.465 e. The van der Waals surface area contributed by atoms with Crippen LogP contribution in [-0.2, 0) is 16.1 Å². The van der Waals surface area contributed by atoms with Gasteiger partial charge in [-0.05, 0) is 24.9 Å². The van der Waals surface area contributed by atoms with Crippen molar-refractivity contribution in [1.82, 2.24) is 16.0 Å². The van der Waals surface area contributed by atoms with Crippen molar-refractivity contribution >= 4 is 30.5 Å². The standard InChI is InChI=1S/C17H26N4O5.ClH/c18-8-4-7-14(21-16(23)24)11-15(22)19-9-10-20-17(25)26-12-13-5-2-1-3-6-13;/h1-3,5-6,14,21H,4,7-12,18H2,(H,19,22)(H,20,25)(H,23,24);1H/t14-;/m0./s1. The Morgan fingerprint density at radius 2 is 1.78 bits per heavy atom. The van der Waals surface area contributed by atoms with E-state index in [4.69, 9.17) is 15.6 Å². The van der Waals surface area contributed by atoms with Crippen molar-refractivity contribution in [2.24, 2.45) is 5.73 Å². The molecule has 10 heteroatoms. The predicted octanol–water partition coefficient (Wildman–Crippen LogP) is 1.22. The van der Waals surface area contributed by atoms with E-state index in [2.05, 4.69) is 16.0 Å². The third kappa shape index (κ3) is 12.5. The molecule has 0 aliphatic heterocycles. The fraction of sp³-hybridized carbons (Fsp3) is 0.471. The first-order valence-electron chi connectivity index (χ1n) is 8.42. The molecule has 0 aliphatic carbocycles. The predicted molar refractivity (Wildman–Crippen MR) is 103 cm³/mol. The number of rotatable bonds is 11. The molecule has 0 spiro atoms. The van der Waals surface area contributed by atoms with Crippen molar-refractivity contribution in [2.75, 3.05) is 19.6 Å². The molecule has 27 heavy (non-hydrogen) atoms. The molecule has 0 saturated carbocycles. The van der Waals surface area contributed by atoms with Gasteiger partial charge in [-0.1, -0.05) is 30.3 Å². The maximum absolute atomic E-state index is 11.8. The lowest BCUT2D eigenvalue weighted by atomic mass is 10.1. The molecule has 3 amide bonds. The molecule has 0 bridgehead atoms. The summed E-state index contributed by atoms with van der Waals surface area (Å²) in [6, 6.07) is 8.79. The molecule has 0 heterocycles. The number of carbonyl (C=O) groups is 3. The molecule has 0 radical (unpaired) electrons. The molecule has 0 saturated heterocycles. The number of carboxylic acid groups (broad SMARTS) is 1. The number of hydrogen-bond donors (Lipinski definition) is 5. The highest BCUT2D eigenvalue weighted by atomic mass is 35.5. The summed E-state index contributed by atoms with van der Waals surface area (Å²) in [5.41, 5.74) is 6.28. The Labute approximate surface area is 164 Å². The van der Waals surface area contributed by atoms with Crippen molar-refractivity contribution in [3.05, 3.63) is 35.9 Å².